The van der Waals surface area contributed by atoms with Crippen molar-refractivity contribution in [2.45, 2.75) is 46.6 Å². The van der Waals surface area contributed by atoms with Gasteiger partial charge in [0.25, 0.3) is 0 Å². The predicted molar refractivity (Wildman–Crippen MR) is 84.5 cm³/mol. The Morgan fingerprint density at radius 3 is 2.30 bits per heavy atom. The highest BCUT2D eigenvalue weighted by Crippen LogP contribution is 2.25. The monoisotopic (exact) mass is 279 g/mol. The quantitative estimate of drug-likeness (QED) is 0.664. The second-order valence-electron chi connectivity index (χ2n) is 5.28. The molecule has 1 N–H and O–H groups in total. The maximum atomic E-state index is 5.92. The number of unbranched alkanes of at least 4 members (excludes halogenated alkanes) is 1. The molecule has 114 valence electrons. The summed E-state index contributed by atoms with van der Waals surface area (Å²) in [5, 5.41) is 3.44. The first-order valence-electron chi connectivity index (χ1n) is 7.61. The van der Waals surface area contributed by atoms with E-state index in [2.05, 4.69) is 38.2 Å². The van der Waals surface area contributed by atoms with Gasteiger partial charge in [-0.25, -0.2) is 0 Å². The van der Waals surface area contributed by atoms with Gasteiger partial charge in [-0.1, -0.05) is 19.1 Å². The number of nitrogens with one attached hydrogen (secondary N) is 1. The standard InChI is InChI=1S/C17H29NO2/c1-5-8-18-13-16-11-14(2)17(15(3)12-16)20-10-7-6-9-19-4/h11-12,18H,5-10,13H2,1-4H3. The summed E-state index contributed by atoms with van der Waals surface area (Å²) in [5.74, 6) is 1.04. The van der Waals surface area contributed by atoms with Gasteiger partial charge in [0, 0.05) is 20.3 Å². The fourth-order valence-corrected chi connectivity index (χ4v) is 2.30. The van der Waals surface area contributed by atoms with Gasteiger partial charge in [-0.2, -0.15) is 0 Å². The summed E-state index contributed by atoms with van der Waals surface area (Å²) in [7, 11) is 1.74. The van der Waals surface area contributed by atoms with Crippen molar-refractivity contribution in [2.75, 3.05) is 26.9 Å². The van der Waals surface area contributed by atoms with E-state index in [1.807, 2.05) is 0 Å². The minimum Gasteiger partial charge on any atom is -0.493 e. The normalized spacial score (nSPS) is 10.8. The van der Waals surface area contributed by atoms with E-state index in [0.717, 1.165) is 44.9 Å². The molecule has 0 atom stereocenters. The van der Waals surface area contributed by atoms with Crippen molar-refractivity contribution in [3.05, 3.63) is 28.8 Å². The molecule has 0 fully saturated rings. The Morgan fingerprint density at radius 1 is 1.05 bits per heavy atom. The molecule has 0 aromatic heterocycles. The van der Waals surface area contributed by atoms with Crippen molar-refractivity contribution in [3.8, 4) is 5.75 Å². The van der Waals surface area contributed by atoms with Gasteiger partial charge in [0.2, 0.25) is 0 Å². The summed E-state index contributed by atoms with van der Waals surface area (Å²) in [5.41, 5.74) is 3.79. The van der Waals surface area contributed by atoms with E-state index in [9.17, 15) is 0 Å². The summed E-state index contributed by atoms with van der Waals surface area (Å²) in [6, 6.07) is 4.44. The van der Waals surface area contributed by atoms with E-state index in [-0.39, 0.29) is 0 Å². The van der Waals surface area contributed by atoms with Gasteiger partial charge < -0.3 is 14.8 Å². The Bertz CT molecular complexity index is 368. The lowest BCUT2D eigenvalue weighted by molar-refractivity contribution is 0.184. The van der Waals surface area contributed by atoms with Crippen LogP contribution in [0.25, 0.3) is 0 Å². The molecule has 0 unspecified atom stereocenters. The van der Waals surface area contributed by atoms with Crippen LogP contribution in [0.1, 0.15) is 42.9 Å². The van der Waals surface area contributed by atoms with Crippen LogP contribution in [-0.2, 0) is 11.3 Å². The molecule has 0 aliphatic heterocycles. The third-order valence-electron chi connectivity index (χ3n) is 3.27. The first-order chi connectivity index (χ1) is 9.69. The lowest BCUT2D eigenvalue weighted by Gasteiger charge is -2.14. The molecule has 0 bridgehead atoms. The summed E-state index contributed by atoms with van der Waals surface area (Å²) < 4.78 is 11.0. The number of benzene rings is 1. The molecule has 1 aromatic rings. The van der Waals surface area contributed by atoms with Gasteiger partial charge >= 0.3 is 0 Å². The van der Waals surface area contributed by atoms with E-state index in [4.69, 9.17) is 9.47 Å². The summed E-state index contributed by atoms with van der Waals surface area (Å²) in [6.07, 6.45) is 3.25. The van der Waals surface area contributed by atoms with E-state index in [0.29, 0.717) is 0 Å². The van der Waals surface area contributed by atoms with Gasteiger partial charge in [-0.05, 0) is 56.3 Å². The largest absolute Gasteiger partial charge is 0.493 e. The highest BCUT2D eigenvalue weighted by atomic mass is 16.5. The SMILES string of the molecule is CCCNCc1cc(C)c(OCCCCOC)c(C)c1. The van der Waals surface area contributed by atoms with Gasteiger partial charge in [0.1, 0.15) is 5.75 Å². The van der Waals surface area contributed by atoms with Crippen LogP contribution >= 0.6 is 0 Å². The van der Waals surface area contributed by atoms with Crippen LogP contribution in [0.15, 0.2) is 12.1 Å². The minimum absolute atomic E-state index is 0.762. The molecule has 0 aliphatic rings. The molecular weight excluding hydrogens is 250 g/mol. The predicted octanol–water partition coefficient (Wildman–Crippen LogP) is 3.61. The first kappa shape index (κ1) is 17.0. The van der Waals surface area contributed by atoms with Crippen molar-refractivity contribution in [3.63, 3.8) is 0 Å². The molecule has 1 rings (SSSR count). The molecule has 0 saturated carbocycles. The molecule has 0 spiro atoms. The van der Waals surface area contributed by atoms with Crippen molar-refractivity contribution >= 4 is 0 Å². The number of methoxy groups -OCH3 is 1. The second kappa shape index (κ2) is 9.78. The highest BCUT2D eigenvalue weighted by Gasteiger charge is 2.06. The van der Waals surface area contributed by atoms with Crippen molar-refractivity contribution in [1.29, 1.82) is 0 Å². The summed E-state index contributed by atoms with van der Waals surface area (Å²) >= 11 is 0. The molecule has 0 saturated heterocycles. The fraction of sp³-hybridized carbons (Fsp3) is 0.647. The minimum atomic E-state index is 0.762. The van der Waals surface area contributed by atoms with E-state index < -0.39 is 0 Å². The number of aryl methyl sites for hydroxylation is 2. The maximum Gasteiger partial charge on any atom is 0.125 e. The van der Waals surface area contributed by atoms with Crippen LogP contribution in [0.2, 0.25) is 0 Å². The Balaban J connectivity index is 2.51. The molecular formula is C17H29NO2. The molecule has 0 aliphatic carbocycles. The van der Waals surface area contributed by atoms with E-state index >= 15 is 0 Å². The Morgan fingerprint density at radius 2 is 1.70 bits per heavy atom. The molecule has 1 aromatic carbocycles. The van der Waals surface area contributed by atoms with Crippen LogP contribution in [-0.4, -0.2) is 26.9 Å². The van der Waals surface area contributed by atoms with Crippen molar-refractivity contribution < 1.29 is 9.47 Å². The van der Waals surface area contributed by atoms with Crippen LogP contribution in [0.5, 0.6) is 5.75 Å². The zero-order valence-electron chi connectivity index (χ0n) is 13.4. The molecule has 3 nitrogen and oxygen atoms in total. The number of rotatable bonds is 10. The fourth-order valence-electron chi connectivity index (χ4n) is 2.30. The third-order valence-corrected chi connectivity index (χ3v) is 3.27. The number of hydrogen-bond acceptors (Lipinski definition) is 3. The lowest BCUT2D eigenvalue weighted by Crippen LogP contribution is -2.14. The zero-order chi connectivity index (χ0) is 14.8. The van der Waals surface area contributed by atoms with Gasteiger partial charge in [-0.3, -0.25) is 0 Å². The Hall–Kier alpha value is -1.06. The molecule has 0 amide bonds. The van der Waals surface area contributed by atoms with E-state index in [1.165, 1.54) is 23.1 Å². The van der Waals surface area contributed by atoms with Crippen molar-refractivity contribution in [1.82, 2.24) is 5.32 Å². The molecule has 3 heteroatoms. The zero-order valence-corrected chi connectivity index (χ0v) is 13.4. The maximum absolute atomic E-state index is 5.92. The van der Waals surface area contributed by atoms with Crippen LogP contribution < -0.4 is 10.1 Å². The third kappa shape index (κ3) is 5.93. The van der Waals surface area contributed by atoms with Gasteiger partial charge in [0.15, 0.2) is 0 Å². The highest BCUT2D eigenvalue weighted by molar-refractivity contribution is 5.43. The average Bonchev–Trinajstić information content (AvgIpc) is 2.41. The van der Waals surface area contributed by atoms with Crippen LogP contribution in [0.3, 0.4) is 0 Å². The Kier molecular flexibility index (Phi) is 8.31. The van der Waals surface area contributed by atoms with Gasteiger partial charge in [0.05, 0.1) is 6.61 Å². The Labute approximate surface area is 123 Å². The number of ether oxygens (including phenoxy) is 2. The van der Waals surface area contributed by atoms with Crippen LogP contribution in [0, 0.1) is 13.8 Å². The second-order valence-corrected chi connectivity index (χ2v) is 5.28. The summed E-state index contributed by atoms with van der Waals surface area (Å²) in [4.78, 5) is 0. The first-order valence-corrected chi connectivity index (χ1v) is 7.61. The molecule has 20 heavy (non-hydrogen) atoms. The van der Waals surface area contributed by atoms with Gasteiger partial charge in [-0.15, -0.1) is 0 Å². The average molecular weight is 279 g/mol. The summed E-state index contributed by atoms with van der Waals surface area (Å²) in [6.45, 7) is 10.0. The molecule has 0 heterocycles. The lowest BCUT2D eigenvalue weighted by atomic mass is 10.1. The topological polar surface area (TPSA) is 30.5 Å². The number of hydrogen-bond donors (Lipinski definition) is 1. The van der Waals surface area contributed by atoms with Crippen molar-refractivity contribution in [2.24, 2.45) is 0 Å². The van der Waals surface area contributed by atoms with Crippen LogP contribution in [0.4, 0.5) is 0 Å². The molecule has 0 radical (unpaired) electrons. The smallest absolute Gasteiger partial charge is 0.125 e. The van der Waals surface area contributed by atoms with E-state index in [1.54, 1.807) is 7.11 Å².